The topological polar surface area (TPSA) is 40.5 Å². The highest BCUT2D eigenvalue weighted by Crippen LogP contribution is 2.26. The van der Waals surface area contributed by atoms with Crippen molar-refractivity contribution in [3.63, 3.8) is 0 Å². The van der Waals surface area contributed by atoms with Crippen LogP contribution in [-0.4, -0.2) is 35.6 Å². The lowest BCUT2D eigenvalue weighted by Crippen LogP contribution is -2.38. The van der Waals surface area contributed by atoms with E-state index in [2.05, 4.69) is 15.9 Å². The van der Waals surface area contributed by atoms with Gasteiger partial charge in [0.15, 0.2) is 0 Å². The average molecular weight is 344 g/mol. The molecule has 1 saturated carbocycles. The maximum Gasteiger partial charge on any atom is 0.254 e. The van der Waals surface area contributed by atoms with Crippen LogP contribution in [-0.2, 0) is 0 Å². The van der Waals surface area contributed by atoms with Crippen LogP contribution in [0.4, 0.5) is 4.39 Å². The van der Waals surface area contributed by atoms with E-state index in [4.69, 9.17) is 0 Å². The Labute approximate surface area is 126 Å². The molecule has 0 bridgehead atoms. The summed E-state index contributed by atoms with van der Waals surface area (Å²) in [6.07, 6.45) is 3.53. The molecule has 0 heterocycles. The van der Waals surface area contributed by atoms with Crippen LogP contribution >= 0.6 is 15.9 Å². The molecule has 1 N–H and O–H groups in total. The van der Waals surface area contributed by atoms with Gasteiger partial charge in [-0.15, -0.1) is 0 Å². The summed E-state index contributed by atoms with van der Waals surface area (Å²) in [7, 11) is 1.70. The number of benzene rings is 1. The van der Waals surface area contributed by atoms with Crippen molar-refractivity contribution in [3.05, 3.63) is 34.1 Å². The van der Waals surface area contributed by atoms with Crippen LogP contribution in [0.25, 0.3) is 0 Å². The Hall–Kier alpha value is -0.940. The Morgan fingerprint density at radius 1 is 1.45 bits per heavy atom. The Bertz CT molecular complexity index is 495. The van der Waals surface area contributed by atoms with Gasteiger partial charge in [0, 0.05) is 24.0 Å². The molecule has 2 atom stereocenters. The molecule has 1 aromatic rings. The van der Waals surface area contributed by atoms with Gasteiger partial charge in [0.05, 0.1) is 11.7 Å². The van der Waals surface area contributed by atoms with Gasteiger partial charge in [-0.05, 0) is 47.0 Å². The first-order valence-electron chi connectivity index (χ1n) is 6.87. The minimum absolute atomic E-state index is 0.116. The van der Waals surface area contributed by atoms with Gasteiger partial charge < -0.3 is 10.0 Å². The maximum absolute atomic E-state index is 13.3. The molecule has 2 unspecified atom stereocenters. The average Bonchev–Trinajstić information content (AvgIpc) is 2.43. The third kappa shape index (κ3) is 3.58. The highest BCUT2D eigenvalue weighted by Gasteiger charge is 2.26. The lowest BCUT2D eigenvalue weighted by Gasteiger charge is -2.31. The van der Waals surface area contributed by atoms with Crippen LogP contribution in [0.3, 0.4) is 0 Å². The highest BCUT2D eigenvalue weighted by molar-refractivity contribution is 9.10. The van der Waals surface area contributed by atoms with Gasteiger partial charge in [-0.1, -0.05) is 12.8 Å². The number of amides is 1. The normalized spacial score (nSPS) is 22.6. The number of aliphatic hydroxyl groups is 1. The fourth-order valence-corrected chi connectivity index (χ4v) is 3.12. The Morgan fingerprint density at radius 3 is 2.85 bits per heavy atom. The summed E-state index contributed by atoms with van der Waals surface area (Å²) in [6.45, 7) is 0.503. The zero-order chi connectivity index (χ0) is 14.7. The third-order valence-electron chi connectivity index (χ3n) is 3.88. The van der Waals surface area contributed by atoms with Gasteiger partial charge in [-0.25, -0.2) is 4.39 Å². The van der Waals surface area contributed by atoms with Gasteiger partial charge in [-0.2, -0.15) is 0 Å². The molecule has 3 nitrogen and oxygen atoms in total. The summed E-state index contributed by atoms with van der Waals surface area (Å²) < 4.78 is 13.8. The number of halogens is 2. The summed E-state index contributed by atoms with van der Waals surface area (Å²) >= 11 is 3.27. The van der Waals surface area contributed by atoms with Crippen LogP contribution < -0.4 is 0 Å². The summed E-state index contributed by atoms with van der Waals surface area (Å²) in [6, 6.07) is 4.08. The smallest absolute Gasteiger partial charge is 0.254 e. The van der Waals surface area contributed by atoms with Crippen molar-refractivity contribution < 1.29 is 14.3 Å². The van der Waals surface area contributed by atoms with Gasteiger partial charge in [0.2, 0.25) is 0 Å². The minimum Gasteiger partial charge on any atom is -0.393 e. The quantitative estimate of drug-likeness (QED) is 0.915. The summed E-state index contributed by atoms with van der Waals surface area (Å²) in [5.74, 6) is -0.540. The first kappa shape index (κ1) is 15.4. The molecule has 110 valence electrons. The molecule has 1 aliphatic carbocycles. The number of nitrogens with zero attached hydrogens (tertiary/aromatic N) is 1. The molecule has 0 aliphatic heterocycles. The monoisotopic (exact) mass is 343 g/mol. The molecule has 0 spiro atoms. The van der Waals surface area contributed by atoms with Crippen molar-refractivity contribution in [2.75, 3.05) is 13.6 Å². The molecule has 1 aromatic carbocycles. The van der Waals surface area contributed by atoms with Gasteiger partial charge >= 0.3 is 0 Å². The summed E-state index contributed by atoms with van der Waals surface area (Å²) in [5.41, 5.74) is 0.317. The van der Waals surface area contributed by atoms with E-state index in [0.29, 0.717) is 16.6 Å². The second-order valence-corrected chi connectivity index (χ2v) is 6.28. The van der Waals surface area contributed by atoms with Crippen molar-refractivity contribution >= 4 is 21.8 Å². The standard InChI is InChI=1S/C15H19BrFNO2/c1-18(9-10-4-2-3-5-14(10)19)15(20)12-8-11(17)6-7-13(12)16/h6-8,10,14,19H,2-5,9H2,1H3. The molecular formula is C15H19BrFNO2. The molecule has 0 radical (unpaired) electrons. The van der Waals surface area contributed by atoms with Crippen LogP contribution in [0.15, 0.2) is 22.7 Å². The first-order valence-corrected chi connectivity index (χ1v) is 7.67. The third-order valence-corrected chi connectivity index (χ3v) is 4.57. The van der Waals surface area contributed by atoms with Crippen LogP contribution in [0, 0.1) is 11.7 Å². The van der Waals surface area contributed by atoms with E-state index in [1.165, 1.54) is 18.2 Å². The molecule has 0 aromatic heterocycles. The Kier molecular flexibility index (Phi) is 5.16. The molecule has 1 amide bonds. The van der Waals surface area contributed by atoms with E-state index in [-0.39, 0.29) is 17.9 Å². The van der Waals surface area contributed by atoms with Gasteiger partial charge in [0.1, 0.15) is 5.82 Å². The Balaban J connectivity index is 2.06. The van der Waals surface area contributed by atoms with E-state index in [1.807, 2.05) is 0 Å². The predicted molar refractivity (Wildman–Crippen MR) is 79.0 cm³/mol. The predicted octanol–water partition coefficient (Wildman–Crippen LogP) is 3.21. The number of aliphatic hydroxyl groups excluding tert-OH is 1. The van der Waals surface area contributed by atoms with Crippen LogP contribution in [0.1, 0.15) is 36.0 Å². The lowest BCUT2D eigenvalue weighted by atomic mass is 9.86. The fourth-order valence-electron chi connectivity index (χ4n) is 2.70. The van der Waals surface area contributed by atoms with E-state index in [1.54, 1.807) is 11.9 Å². The maximum atomic E-state index is 13.3. The molecule has 20 heavy (non-hydrogen) atoms. The Morgan fingerprint density at radius 2 is 2.15 bits per heavy atom. The fraction of sp³-hybridized carbons (Fsp3) is 0.533. The lowest BCUT2D eigenvalue weighted by molar-refractivity contribution is 0.0450. The van der Waals surface area contributed by atoms with Crippen molar-refractivity contribution in [2.24, 2.45) is 5.92 Å². The molecule has 1 aliphatic rings. The zero-order valence-corrected chi connectivity index (χ0v) is 13.1. The summed E-state index contributed by atoms with van der Waals surface area (Å²) in [4.78, 5) is 13.9. The highest BCUT2D eigenvalue weighted by atomic mass is 79.9. The molecule has 2 rings (SSSR count). The largest absolute Gasteiger partial charge is 0.393 e. The van der Waals surface area contributed by atoms with Gasteiger partial charge in [-0.3, -0.25) is 4.79 Å². The van der Waals surface area contributed by atoms with E-state index in [0.717, 1.165) is 25.7 Å². The number of hydrogen-bond donors (Lipinski definition) is 1. The van der Waals surface area contributed by atoms with Crippen LogP contribution in [0.5, 0.6) is 0 Å². The number of carbonyl (C=O) groups is 1. The molecular weight excluding hydrogens is 325 g/mol. The number of hydrogen-bond acceptors (Lipinski definition) is 2. The molecule has 5 heteroatoms. The van der Waals surface area contributed by atoms with Crippen molar-refractivity contribution in [3.8, 4) is 0 Å². The number of carbonyl (C=O) groups excluding carboxylic acids is 1. The van der Waals surface area contributed by atoms with Gasteiger partial charge in [0.25, 0.3) is 5.91 Å². The molecule has 1 fully saturated rings. The van der Waals surface area contributed by atoms with E-state index >= 15 is 0 Å². The SMILES string of the molecule is CN(CC1CCCCC1O)C(=O)c1cc(F)ccc1Br. The minimum atomic E-state index is -0.428. The van der Waals surface area contributed by atoms with Crippen molar-refractivity contribution in [1.82, 2.24) is 4.90 Å². The molecule has 0 saturated heterocycles. The summed E-state index contributed by atoms with van der Waals surface area (Å²) in [5, 5.41) is 9.96. The van der Waals surface area contributed by atoms with Crippen LogP contribution in [0.2, 0.25) is 0 Å². The van der Waals surface area contributed by atoms with Crippen molar-refractivity contribution in [2.45, 2.75) is 31.8 Å². The van der Waals surface area contributed by atoms with E-state index in [9.17, 15) is 14.3 Å². The zero-order valence-electron chi connectivity index (χ0n) is 11.5. The first-order chi connectivity index (χ1) is 9.49. The van der Waals surface area contributed by atoms with E-state index < -0.39 is 5.82 Å². The second kappa shape index (κ2) is 6.68. The van der Waals surface area contributed by atoms with Crippen molar-refractivity contribution in [1.29, 1.82) is 0 Å². The second-order valence-electron chi connectivity index (χ2n) is 5.42. The number of rotatable bonds is 3.